The van der Waals surface area contributed by atoms with Gasteiger partial charge in [0.05, 0.1) is 0 Å². The molecule has 2 aromatic rings. The highest BCUT2D eigenvalue weighted by atomic mass is 79.9. The lowest BCUT2D eigenvalue weighted by molar-refractivity contribution is 0.494. The second kappa shape index (κ2) is 6.56. The summed E-state index contributed by atoms with van der Waals surface area (Å²) in [6, 6.07) is 16.9. The van der Waals surface area contributed by atoms with Crippen molar-refractivity contribution in [3.8, 4) is 0 Å². The van der Waals surface area contributed by atoms with Gasteiger partial charge in [0.15, 0.2) is 0 Å². The lowest BCUT2D eigenvalue weighted by Gasteiger charge is -2.21. The predicted molar refractivity (Wildman–Crippen MR) is 85.6 cm³/mol. The lowest BCUT2D eigenvalue weighted by atomic mass is 10.0. The molecule has 1 unspecified atom stereocenters. The van der Waals surface area contributed by atoms with E-state index in [2.05, 4.69) is 59.4 Å². The van der Waals surface area contributed by atoms with Crippen molar-refractivity contribution in [1.82, 2.24) is 5.32 Å². The van der Waals surface area contributed by atoms with E-state index in [0.717, 1.165) is 9.50 Å². The molecule has 0 amide bonds. The highest BCUT2D eigenvalue weighted by molar-refractivity contribution is 9.10. The van der Waals surface area contributed by atoms with Crippen molar-refractivity contribution in [1.29, 1.82) is 0 Å². The second-order valence-corrected chi connectivity index (χ2v) is 6.07. The van der Waals surface area contributed by atoms with Crippen LogP contribution in [-0.4, -0.2) is 0 Å². The molecular formula is C16H17BrClN. The van der Waals surface area contributed by atoms with Crippen LogP contribution in [0.2, 0.25) is 5.02 Å². The first kappa shape index (κ1) is 14.6. The number of hydrogen-bond acceptors (Lipinski definition) is 1. The van der Waals surface area contributed by atoms with Crippen LogP contribution in [0.1, 0.15) is 37.1 Å². The van der Waals surface area contributed by atoms with Crippen LogP contribution in [0.3, 0.4) is 0 Å². The van der Waals surface area contributed by atoms with Gasteiger partial charge in [-0.1, -0.05) is 51.8 Å². The summed E-state index contributed by atoms with van der Waals surface area (Å²) in [5.41, 5.74) is 2.47. The van der Waals surface area contributed by atoms with Gasteiger partial charge in [-0.05, 0) is 49.2 Å². The Balaban J connectivity index is 2.08. The normalized spacial score (nSPS) is 14.1. The van der Waals surface area contributed by atoms with Crippen LogP contribution >= 0.6 is 27.5 Å². The van der Waals surface area contributed by atoms with E-state index in [4.69, 9.17) is 11.6 Å². The van der Waals surface area contributed by atoms with Gasteiger partial charge in [0, 0.05) is 21.6 Å². The van der Waals surface area contributed by atoms with Crippen molar-refractivity contribution in [2.45, 2.75) is 25.9 Å². The van der Waals surface area contributed by atoms with Crippen LogP contribution in [-0.2, 0) is 0 Å². The summed E-state index contributed by atoms with van der Waals surface area (Å²) in [6.45, 7) is 4.32. The largest absolute Gasteiger partial charge is 0.304 e. The quantitative estimate of drug-likeness (QED) is 0.774. The Morgan fingerprint density at radius 1 is 0.947 bits per heavy atom. The molecule has 0 fully saturated rings. The SMILES string of the molecule is CC(N[C@H](C)c1cccc(Cl)c1)c1cccc(Br)c1. The summed E-state index contributed by atoms with van der Waals surface area (Å²) in [6.07, 6.45) is 0. The summed E-state index contributed by atoms with van der Waals surface area (Å²) in [5, 5.41) is 4.37. The van der Waals surface area contributed by atoms with Gasteiger partial charge in [-0.25, -0.2) is 0 Å². The molecule has 0 bridgehead atoms. The van der Waals surface area contributed by atoms with E-state index in [1.807, 2.05) is 24.3 Å². The van der Waals surface area contributed by atoms with E-state index in [-0.39, 0.29) is 12.1 Å². The zero-order chi connectivity index (χ0) is 13.8. The highest BCUT2D eigenvalue weighted by Gasteiger charge is 2.11. The molecule has 2 rings (SSSR count). The third kappa shape index (κ3) is 4.07. The summed E-state index contributed by atoms with van der Waals surface area (Å²) in [7, 11) is 0. The third-order valence-electron chi connectivity index (χ3n) is 3.20. The number of benzene rings is 2. The van der Waals surface area contributed by atoms with Crippen molar-refractivity contribution in [2.75, 3.05) is 0 Å². The Bertz CT molecular complexity index is 506. The average molecular weight is 339 g/mol. The summed E-state index contributed by atoms with van der Waals surface area (Å²) in [4.78, 5) is 0. The fourth-order valence-electron chi connectivity index (χ4n) is 2.12. The predicted octanol–water partition coefficient (Wildman–Crippen LogP) is 5.51. The molecule has 1 nitrogen and oxygen atoms in total. The Morgan fingerprint density at radius 2 is 1.53 bits per heavy atom. The molecule has 1 N–H and O–H groups in total. The molecule has 0 aliphatic rings. The topological polar surface area (TPSA) is 12.0 Å². The highest BCUT2D eigenvalue weighted by Crippen LogP contribution is 2.23. The summed E-state index contributed by atoms with van der Waals surface area (Å²) >= 11 is 9.54. The van der Waals surface area contributed by atoms with Crippen molar-refractivity contribution in [3.05, 3.63) is 69.2 Å². The Hall–Kier alpha value is -0.830. The fraction of sp³-hybridized carbons (Fsp3) is 0.250. The number of rotatable bonds is 4. The van der Waals surface area contributed by atoms with E-state index in [9.17, 15) is 0 Å². The summed E-state index contributed by atoms with van der Waals surface area (Å²) < 4.78 is 1.11. The van der Waals surface area contributed by atoms with Crippen molar-refractivity contribution in [2.24, 2.45) is 0 Å². The molecule has 0 heterocycles. The van der Waals surface area contributed by atoms with E-state index in [1.54, 1.807) is 0 Å². The van der Waals surface area contributed by atoms with E-state index in [0.29, 0.717) is 0 Å². The van der Waals surface area contributed by atoms with Crippen LogP contribution < -0.4 is 5.32 Å². The zero-order valence-electron chi connectivity index (χ0n) is 11.0. The fourth-order valence-corrected chi connectivity index (χ4v) is 2.73. The van der Waals surface area contributed by atoms with E-state index < -0.39 is 0 Å². The molecule has 0 aromatic heterocycles. The van der Waals surface area contributed by atoms with Crippen molar-refractivity contribution >= 4 is 27.5 Å². The first-order valence-electron chi connectivity index (χ1n) is 6.33. The maximum atomic E-state index is 6.03. The van der Waals surface area contributed by atoms with Crippen LogP contribution in [0.5, 0.6) is 0 Å². The molecule has 0 saturated heterocycles. The Kier molecular flexibility index (Phi) is 5.03. The number of hydrogen-bond donors (Lipinski definition) is 1. The molecular weight excluding hydrogens is 322 g/mol. The van der Waals surface area contributed by atoms with Crippen molar-refractivity contribution < 1.29 is 0 Å². The first-order chi connectivity index (χ1) is 9.06. The number of nitrogens with one attached hydrogen (secondary N) is 1. The standard InChI is InChI=1S/C16H17BrClN/c1-11(13-5-3-7-15(17)9-13)19-12(2)14-6-4-8-16(18)10-14/h3-12,19H,1-2H3/t11?,12-/m1/s1. The minimum atomic E-state index is 0.257. The van der Waals surface area contributed by atoms with Crippen LogP contribution in [0, 0.1) is 0 Å². The van der Waals surface area contributed by atoms with Gasteiger partial charge >= 0.3 is 0 Å². The minimum Gasteiger partial charge on any atom is -0.304 e. The zero-order valence-corrected chi connectivity index (χ0v) is 13.4. The van der Waals surface area contributed by atoms with Gasteiger partial charge in [-0.15, -0.1) is 0 Å². The van der Waals surface area contributed by atoms with Gasteiger partial charge in [-0.3, -0.25) is 0 Å². The molecule has 0 spiro atoms. The summed E-state index contributed by atoms with van der Waals surface area (Å²) in [5.74, 6) is 0. The van der Waals surface area contributed by atoms with Crippen LogP contribution in [0.4, 0.5) is 0 Å². The van der Waals surface area contributed by atoms with E-state index in [1.165, 1.54) is 11.1 Å². The molecule has 2 atom stereocenters. The molecule has 2 aromatic carbocycles. The molecule has 0 aliphatic heterocycles. The molecule has 0 saturated carbocycles. The van der Waals surface area contributed by atoms with Crippen molar-refractivity contribution in [3.63, 3.8) is 0 Å². The van der Waals surface area contributed by atoms with Crippen LogP contribution in [0.15, 0.2) is 53.0 Å². The maximum absolute atomic E-state index is 6.03. The van der Waals surface area contributed by atoms with E-state index >= 15 is 0 Å². The molecule has 100 valence electrons. The molecule has 0 radical (unpaired) electrons. The van der Waals surface area contributed by atoms with Crippen LogP contribution in [0.25, 0.3) is 0 Å². The van der Waals surface area contributed by atoms with Gasteiger partial charge in [0.1, 0.15) is 0 Å². The molecule has 0 aliphatic carbocycles. The monoisotopic (exact) mass is 337 g/mol. The second-order valence-electron chi connectivity index (χ2n) is 4.72. The average Bonchev–Trinajstić information content (AvgIpc) is 2.38. The first-order valence-corrected chi connectivity index (χ1v) is 7.50. The third-order valence-corrected chi connectivity index (χ3v) is 3.93. The number of halogens is 2. The smallest absolute Gasteiger partial charge is 0.0409 e. The Labute approximate surface area is 128 Å². The minimum absolute atomic E-state index is 0.257. The van der Waals surface area contributed by atoms with Gasteiger partial charge in [0.2, 0.25) is 0 Å². The lowest BCUT2D eigenvalue weighted by Crippen LogP contribution is -2.22. The van der Waals surface area contributed by atoms with Gasteiger partial charge in [-0.2, -0.15) is 0 Å². The maximum Gasteiger partial charge on any atom is 0.0409 e. The van der Waals surface area contributed by atoms with Gasteiger partial charge < -0.3 is 5.32 Å². The molecule has 19 heavy (non-hydrogen) atoms. The van der Waals surface area contributed by atoms with Gasteiger partial charge in [0.25, 0.3) is 0 Å². The Morgan fingerprint density at radius 3 is 2.11 bits per heavy atom. The molecule has 3 heteroatoms.